The fraction of sp³-hybridized carbons (Fsp3) is 0.333. The summed E-state index contributed by atoms with van der Waals surface area (Å²) in [6.07, 6.45) is 0.701. The number of likely N-dealkylation sites (N-methyl/N-ethyl adjacent to an activating group) is 1. The largest absolute Gasteiger partial charge is 0.391 e. The molecular formula is C18H18Cl2N2O3. The second-order valence-electron chi connectivity index (χ2n) is 6.33. The molecule has 7 heteroatoms. The van der Waals surface area contributed by atoms with Crippen LogP contribution < -0.4 is 0 Å². The Balaban J connectivity index is 1.72. The van der Waals surface area contributed by atoms with Gasteiger partial charge in [-0.1, -0.05) is 35.3 Å². The lowest BCUT2D eigenvalue weighted by Gasteiger charge is -2.28. The van der Waals surface area contributed by atoms with Gasteiger partial charge in [-0.05, 0) is 42.3 Å². The summed E-state index contributed by atoms with van der Waals surface area (Å²) in [6, 6.07) is 9.95. The summed E-state index contributed by atoms with van der Waals surface area (Å²) in [4.78, 5) is 12.4. The van der Waals surface area contributed by atoms with E-state index in [0.717, 1.165) is 23.1 Å². The van der Waals surface area contributed by atoms with E-state index in [2.05, 4.69) is 4.90 Å². The number of nitrogens with zero attached hydrogens (tertiary/aromatic N) is 2. The number of non-ortho nitro benzene ring substituents is 1. The normalized spacial score (nSPS) is 19.2. The van der Waals surface area contributed by atoms with Crippen LogP contribution in [0, 0.1) is 10.1 Å². The lowest BCUT2D eigenvalue weighted by atomic mass is 10.1. The zero-order valence-electron chi connectivity index (χ0n) is 13.7. The van der Waals surface area contributed by atoms with E-state index in [4.69, 9.17) is 23.2 Å². The average Bonchev–Trinajstić information content (AvgIpc) is 2.89. The van der Waals surface area contributed by atoms with Crippen molar-refractivity contribution in [3.05, 3.63) is 73.2 Å². The molecule has 0 amide bonds. The van der Waals surface area contributed by atoms with Gasteiger partial charge < -0.3 is 5.11 Å². The van der Waals surface area contributed by atoms with Crippen molar-refractivity contribution in [1.29, 1.82) is 0 Å². The fourth-order valence-electron chi connectivity index (χ4n) is 3.39. The molecule has 0 saturated carbocycles. The number of hydrogen-bond donors (Lipinski definition) is 1. The molecule has 2 atom stereocenters. The number of aliphatic hydroxyl groups excluding tert-OH is 1. The lowest BCUT2D eigenvalue weighted by molar-refractivity contribution is -0.384. The Labute approximate surface area is 155 Å². The van der Waals surface area contributed by atoms with Gasteiger partial charge in [0.2, 0.25) is 0 Å². The van der Waals surface area contributed by atoms with Gasteiger partial charge in [0, 0.05) is 35.1 Å². The highest BCUT2D eigenvalue weighted by Crippen LogP contribution is 2.40. The molecule has 0 aromatic heterocycles. The van der Waals surface area contributed by atoms with Crippen LogP contribution in [0.2, 0.25) is 10.0 Å². The maximum absolute atomic E-state index is 10.7. The Bertz CT molecular complexity index is 796. The van der Waals surface area contributed by atoms with Crippen molar-refractivity contribution < 1.29 is 10.0 Å². The van der Waals surface area contributed by atoms with Crippen molar-refractivity contribution in [2.24, 2.45) is 0 Å². The first-order chi connectivity index (χ1) is 11.9. The fourth-order valence-corrected chi connectivity index (χ4v) is 3.98. The number of aliphatic hydroxyl groups is 1. The molecule has 0 heterocycles. The van der Waals surface area contributed by atoms with Crippen molar-refractivity contribution in [2.75, 3.05) is 13.6 Å². The number of rotatable bonds is 5. The van der Waals surface area contributed by atoms with Crippen LogP contribution in [0.1, 0.15) is 22.7 Å². The molecule has 3 rings (SSSR count). The van der Waals surface area contributed by atoms with E-state index in [1.165, 1.54) is 12.1 Å². The minimum atomic E-state index is -0.534. The standard InChI is InChI=1S/C18H18Cl2N2O3/c1-21(7-6-11-2-4-13(5-3-11)22(24)25)18-15-8-12(19)9-16(20)14(15)10-17(18)23/h2-5,8-9,17-18,23H,6-7,10H2,1H3. The number of benzene rings is 2. The molecule has 0 aliphatic heterocycles. The third-order valence-electron chi connectivity index (χ3n) is 4.67. The highest BCUT2D eigenvalue weighted by molar-refractivity contribution is 6.35. The lowest BCUT2D eigenvalue weighted by Crippen LogP contribution is -2.32. The van der Waals surface area contributed by atoms with Gasteiger partial charge in [0.1, 0.15) is 0 Å². The maximum atomic E-state index is 10.7. The Kier molecular flexibility index (Phi) is 5.29. The van der Waals surface area contributed by atoms with Crippen LogP contribution in [0.3, 0.4) is 0 Å². The van der Waals surface area contributed by atoms with E-state index >= 15 is 0 Å². The van der Waals surface area contributed by atoms with Crippen molar-refractivity contribution in [2.45, 2.75) is 25.0 Å². The molecule has 1 aliphatic carbocycles. The van der Waals surface area contributed by atoms with Crippen LogP contribution in [0.4, 0.5) is 5.69 Å². The van der Waals surface area contributed by atoms with Gasteiger partial charge in [-0.25, -0.2) is 0 Å². The molecule has 5 nitrogen and oxygen atoms in total. The van der Waals surface area contributed by atoms with Crippen molar-refractivity contribution >= 4 is 28.9 Å². The summed E-state index contributed by atoms with van der Waals surface area (Å²) >= 11 is 12.4. The van der Waals surface area contributed by atoms with Gasteiger partial charge in [-0.15, -0.1) is 0 Å². The summed E-state index contributed by atoms with van der Waals surface area (Å²) in [5, 5.41) is 22.3. The van der Waals surface area contributed by atoms with Crippen LogP contribution in [0.25, 0.3) is 0 Å². The van der Waals surface area contributed by atoms with Crippen LogP contribution in [0.5, 0.6) is 0 Å². The van der Waals surface area contributed by atoms with Gasteiger partial charge in [-0.2, -0.15) is 0 Å². The van der Waals surface area contributed by atoms with E-state index in [9.17, 15) is 15.2 Å². The molecule has 2 aromatic rings. The number of nitro groups is 1. The summed E-state index contributed by atoms with van der Waals surface area (Å²) < 4.78 is 0. The quantitative estimate of drug-likeness (QED) is 0.627. The summed E-state index contributed by atoms with van der Waals surface area (Å²) in [5.74, 6) is 0. The molecule has 2 unspecified atom stereocenters. The molecule has 25 heavy (non-hydrogen) atoms. The van der Waals surface area contributed by atoms with Gasteiger partial charge in [0.05, 0.1) is 17.1 Å². The maximum Gasteiger partial charge on any atom is 0.269 e. The van der Waals surface area contributed by atoms with E-state index in [1.54, 1.807) is 18.2 Å². The Morgan fingerprint density at radius 3 is 2.60 bits per heavy atom. The van der Waals surface area contributed by atoms with Crippen LogP contribution in [0.15, 0.2) is 36.4 Å². The van der Waals surface area contributed by atoms with E-state index in [0.29, 0.717) is 23.0 Å². The second-order valence-corrected chi connectivity index (χ2v) is 7.17. The number of halogens is 2. The molecule has 1 N–H and O–H groups in total. The van der Waals surface area contributed by atoms with Gasteiger partial charge in [0.25, 0.3) is 5.69 Å². The van der Waals surface area contributed by atoms with Gasteiger partial charge >= 0.3 is 0 Å². The minimum Gasteiger partial charge on any atom is -0.391 e. The van der Waals surface area contributed by atoms with Crippen molar-refractivity contribution in [1.82, 2.24) is 4.90 Å². The van der Waals surface area contributed by atoms with Gasteiger partial charge in [0.15, 0.2) is 0 Å². The minimum absolute atomic E-state index is 0.0848. The molecule has 132 valence electrons. The Morgan fingerprint density at radius 2 is 1.96 bits per heavy atom. The Morgan fingerprint density at radius 1 is 1.28 bits per heavy atom. The van der Waals surface area contributed by atoms with Crippen molar-refractivity contribution in [3.63, 3.8) is 0 Å². The smallest absolute Gasteiger partial charge is 0.269 e. The molecule has 0 fully saturated rings. The van der Waals surface area contributed by atoms with Crippen LogP contribution >= 0.6 is 23.2 Å². The second kappa shape index (κ2) is 7.30. The van der Waals surface area contributed by atoms with E-state index in [-0.39, 0.29) is 11.7 Å². The van der Waals surface area contributed by atoms with Gasteiger partial charge in [-0.3, -0.25) is 15.0 Å². The monoisotopic (exact) mass is 380 g/mol. The molecule has 0 radical (unpaired) electrons. The predicted octanol–water partition coefficient (Wildman–Crippen LogP) is 4.03. The third-order valence-corrected chi connectivity index (χ3v) is 5.22. The van der Waals surface area contributed by atoms with Crippen LogP contribution in [-0.2, 0) is 12.8 Å². The van der Waals surface area contributed by atoms with Crippen LogP contribution in [-0.4, -0.2) is 34.6 Å². The third kappa shape index (κ3) is 3.80. The predicted molar refractivity (Wildman–Crippen MR) is 98.3 cm³/mol. The number of fused-ring (bicyclic) bond motifs is 1. The first kappa shape index (κ1) is 18.1. The highest BCUT2D eigenvalue weighted by Gasteiger charge is 2.35. The summed E-state index contributed by atoms with van der Waals surface area (Å²) in [5.41, 5.74) is 3.01. The summed E-state index contributed by atoms with van der Waals surface area (Å²) in [7, 11) is 1.95. The first-order valence-electron chi connectivity index (χ1n) is 7.96. The molecular weight excluding hydrogens is 363 g/mol. The zero-order chi connectivity index (χ0) is 18.1. The Hall–Kier alpha value is -1.66. The summed E-state index contributed by atoms with van der Waals surface area (Å²) in [6.45, 7) is 0.698. The molecule has 0 bridgehead atoms. The molecule has 0 saturated heterocycles. The first-order valence-corrected chi connectivity index (χ1v) is 8.72. The average molecular weight is 381 g/mol. The van der Waals surface area contributed by atoms with Crippen molar-refractivity contribution in [3.8, 4) is 0 Å². The highest BCUT2D eigenvalue weighted by atomic mass is 35.5. The number of nitro benzene ring substituents is 1. The number of hydrogen-bond acceptors (Lipinski definition) is 4. The van der Waals surface area contributed by atoms with E-state index < -0.39 is 11.0 Å². The topological polar surface area (TPSA) is 66.6 Å². The molecule has 1 aliphatic rings. The molecule has 2 aromatic carbocycles. The zero-order valence-corrected chi connectivity index (χ0v) is 15.2. The SMILES string of the molecule is CN(CCc1ccc([N+](=O)[O-])cc1)C1c2cc(Cl)cc(Cl)c2CC1O. The van der Waals surface area contributed by atoms with E-state index in [1.807, 2.05) is 13.1 Å². The molecule has 0 spiro atoms.